The van der Waals surface area contributed by atoms with Gasteiger partial charge in [0.15, 0.2) is 0 Å². The Morgan fingerprint density at radius 2 is 1.79 bits per heavy atom. The van der Waals surface area contributed by atoms with Crippen molar-refractivity contribution in [3.05, 3.63) is 60.3 Å². The molecule has 0 unspecified atom stereocenters. The first-order valence-electron chi connectivity index (χ1n) is 11.3. The summed E-state index contributed by atoms with van der Waals surface area (Å²) in [7, 11) is 0. The van der Waals surface area contributed by atoms with Crippen LogP contribution in [0.3, 0.4) is 0 Å². The van der Waals surface area contributed by atoms with E-state index in [9.17, 15) is 4.79 Å². The Morgan fingerprint density at radius 3 is 2.42 bits per heavy atom. The lowest BCUT2D eigenvalue weighted by molar-refractivity contribution is 0.0375. The highest BCUT2D eigenvalue weighted by Gasteiger charge is 2.20. The van der Waals surface area contributed by atoms with Crippen molar-refractivity contribution < 1.29 is 14.6 Å². The van der Waals surface area contributed by atoms with Crippen molar-refractivity contribution in [2.75, 3.05) is 24.6 Å². The van der Waals surface area contributed by atoms with Crippen LogP contribution in [0, 0.1) is 0 Å². The Kier molecular flexibility index (Phi) is 6.11. The second-order valence-corrected chi connectivity index (χ2v) is 9.20. The molecule has 2 aromatic carbocycles. The number of aromatic carboxylic acids is 1. The Labute approximate surface area is 196 Å². The molecule has 1 N–H and O–H groups in total. The van der Waals surface area contributed by atoms with Crippen LogP contribution >= 0.6 is 11.3 Å². The van der Waals surface area contributed by atoms with Crippen LogP contribution in [0.5, 0.6) is 0 Å². The number of carbonyl (C=O) groups is 1. The van der Waals surface area contributed by atoms with Gasteiger partial charge in [0.1, 0.15) is 5.01 Å². The molecule has 0 spiro atoms. The average Bonchev–Trinajstić information content (AvgIpc) is 3.43. The molecule has 0 radical (unpaired) electrons. The molecule has 1 aliphatic rings. The van der Waals surface area contributed by atoms with Gasteiger partial charge in [-0.2, -0.15) is 5.10 Å². The number of imidazole rings is 1. The van der Waals surface area contributed by atoms with Gasteiger partial charge in [-0.1, -0.05) is 30.4 Å². The summed E-state index contributed by atoms with van der Waals surface area (Å²) in [5.74, 6) is -0.935. The fourth-order valence-electron chi connectivity index (χ4n) is 4.12. The van der Waals surface area contributed by atoms with Gasteiger partial charge in [0.25, 0.3) is 0 Å². The van der Waals surface area contributed by atoms with E-state index in [1.165, 1.54) is 17.0 Å². The molecule has 5 rings (SSSR count). The number of anilines is 1. The molecule has 0 amide bonds. The Bertz CT molecular complexity index is 1210. The molecule has 0 bridgehead atoms. The van der Waals surface area contributed by atoms with Gasteiger partial charge in [-0.3, -0.25) is 0 Å². The average molecular weight is 463 g/mol. The first-order valence-corrected chi connectivity index (χ1v) is 12.1. The minimum Gasteiger partial charge on any atom is -0.478 e. The number of carboxylic acids is 1. The molecule has 1 fully saturated rings. The summed E-state index contributed by atoms with van der Waals surface area (Å²) in [5, 5.41) is 14.7. The molecule has 4 aromatic rings. The van der Waals surface area contributed by atoms with Crippen LogP contribution in [-0.4, -0.2) is 51.5 Å². The number of hydrogen-bond donors (Lipinski definition) is 1. The number of aromatic nitrogens is 3. The number of hydrogen-bond acceptors (Lipinski definition) is 6. The van der Waals surface area contributed by atoms with Crippen molar-refractivity contribution in [2.45, 2.75) is 32.3 Å². The summed E-state index contributed by atoms with van der Waals surface area (Å²) in [5.41, 5.74) is 4.22. The highest BCUT2D eigenvalue weighted by Crippen LogP contribution is 2.30. The van der Waals surface area contributed by atoms with E-state index >= 15 is 0 Å². The molecule has 33 heavy (non-hydrogen) atoms. The summed E-state index contributed by atoms with van der Waals surface area (Å²) in [6.07, 6.45) is 5.50. The summed E-state index contributed by atoms with van der Waals surface area (Å²) < 4.78 is 7.69. The van der Waals surface area contributed by atoms with Crippen LogP contribution in [0.25, 0.3) is 26.8 Å². The lowest BCUT2D eigenvalue weighted by Gasteiger charge is -2.33. The molecule has 8 heteroatoms. The fourth-order valence-corrected chi connectivity index (χ4v) is 5.01. The van der Waals surface area contributed by atoms with E-state index in [2.05, 4.69) is 41.1 Å². The minimum atomic E-state index is -0.935. The molecule has 170 valence electrons. The van der Waals surface area contributed by atoms with Crippen molar-refractivity contribution >= 4 is 28.0 Å². The van der Waals surface area contributed by atoms with Crippen LogP contribution in [-0.2, 0) is 4.74 Å². The molecule has 1 aliphatic heterocycles. The molecule has 7 nitrogen and oxygen atoms in total. The van der Waals surface area contributed by atoms with Crippen molar-refractivity contribution in [2.24, 2.45) is 0 Å². The van der Waals surface area contributed by atoms with E-state index < -0.39 is 5.97 Å². The van der Waals surface area contributed by atoms with Gasteiger partial charge < -0.3 is 14.7 Å². The van der Waals surface area contributed by atoms with E-state index in [0.29, 0.717) is 6.10 Å². The number of rotatable bonds is 7. The van der Waals surface area contributed by atoms with Crippen molar-refractivity contribution in [1.82, 2.24) is 14.6 Å². The molecule has 0 atom stereocenters. The summed E-state index contributed by atoms with van der Waals surface area (Å²) >= 11 is 1.54. The molecule has 1 saturated heterocycles. The lowest BCUT2D eigenvalue weighted by atomic mass is 10.1. The zero-order chi connectivity index (χ0) is 22.8. The molecule has 0 aliphatic carbocycles. The SMILES string of the molecule is CCCOC1CCN(c2ccc(-c3nn4cc(-c5ccc(C(=O)O)cc5)nc4s3)cc2)CC1. The summed E-state index contributed by atoms with van der Waals surface area (Å²) in [6, 6.07) is 15.3. The summed E-state index contributed by atoms with van der Waals surface area (Å²) in [6.45, 7) is 5.05. The molecule has 2 aromatic heterocycles. The topological polar surface area (TPSA) is 80.0 Å². The molecule has 0 saturated carbocycles. The van der Waals surface area contributed by atoms with Crippen molar-refractivity contribution in [3.63, 3.8) is 0 Å². The second kappa shape index (κ2) is 9.33. The number of fused-ring (bicyclic) bond motifs is 1. The monoisotopic (exact) mass is 462 g/mol. The van der Waals surface area contributed by atoms with Gasteiger partial charge in [0.05, 0.1) is 23.6 Å². The number of piperidine rings is 1. The first kappa shape index (κ1) is 21.6. The zero-order valence-electron chi connectivity index (χ0n) is 18.5. The highest BCUT2D eigenvalue weighted by atomic mass is 32.1. The number of carboxylic acid groups (broad SMARTS) is 1. The quantitative estimate of drug-likeness (QED) is 0.406. The maximum Gasteiger partial charge on any atom is 0.335 e. The fraction of sp³-hybridized carbons (Fsp3) is 0.320. The predicted octanol–water partition coefficient (Wildman–Crippen LogP) is 5.22. The van der Waals surface area contributed by atoms with Gasteiger partial charge >= 0.3 is 5.97 Å². The Balaban J connectivity index is 1.27. The van der Waals surface area contributed by atoms with Crippen LogP contribution in [0.2, 0.25) is 0 Å². The molecular weight excluding hydrogens is 436 g/mol. The van der Waals surface area contributed by atoms with Gasteiger partial charge in [0.2, 0.25) is 4.96 Å². The van der Waals surface area contributed by atoms with Crippen molar-refractivity contribution in [3.8, 4) is 21.8 Å². The van der Waals surface area contributed by atoms with Gasteiger partial charge in [-0.25, -0.2) is 14.3 Å². The van der Waals surface area contributed by atoms with E-state index in [0.717, 1.165) is 65.7 Å². The Morgan fingerprint density at radius 1 is 1.09 bits per heavy atom. The lowest BCUT2D eigenvalue weighted by Crippen LogP contribution is -2.37. The third kappa shape index (κ3) is 4.62. The van der Waals surface area contributed by atoms with Gasteiger partial charge in [-0.05, 0) is 55.7 Å². The number of benzene rings is 2. The van der Waals surface area contributed by atoms with Gasteiger partial charge in [-0.15, -0.1) is 0 Å². The van der Waals surface area contributed by atoms with Crippen molar-refractivity contribution in [1.29, 1.82) is 0 Å². The number of ether oxygens (including phenoxy) is 1. The van der Waals surface area contributed by atoms with Crippen LogP contribution in [0.4, 0.5) is 5.69 Å². The highest BCUT2D eigenvalue weighted by molar-refractivity contribution is 7.19. The van der Waals surface area contributed by atoms with Crippen LogP contribution in [0.15, 0.2) is 54.7 Å². The largest absolute Gasteiger partial charge is 0.478 e. The third-order valence-corrected chi connectivity index (χ3v) is 6.92. The Hall–Kier alpha value is -3.23. The van der Waals surface area contributed by atoms with E-state index in [-0.39, 0.29) is 5.56 Å². The maximum atomic E-state index is 11.0. The second-order valence-electron chi connectivity index (χ2n) is 8.25. The van der Waals surface area contributed by atoms with E-state index in [4.69, 9.17) is 14.9 Å². The summed E-state index contributed by atoms with van der Waals surface area (Å²) in [4.78, 5) is 18.9. The third-order valence-electron chi connectivity index (χ3n) is 5.95. The molecular formula is C25H26N4O3S. The zero-order valence-corrected chi connectivity index (χ0v) is 19.3. The number of nitrogens with zero attached hydrogens (tertiary/aromatic N) is 4. The predicted molar refractivity (Wildman–Crippen MR) is 130 cm³/mol. The van der Waals surface area contributed by atoms with Crippen LogP contribution < -0.4 is 4.90 Å². The maximum absolute atomic E-state index is 11.0. The van der Waals surface area contributed by atoms with Crippen LogP contribution in [0.1, 0.15) is 36.5 Å². The molecule has 3 heterocycles. The van der Waals surface area contributed by atoms with E-state index in [1.54, 1.807) is 28.8 Å². The minimum absolute atomic E-state index is 0.262. The van der Waals surface area contributed by atoms with Gasteiger partial charge in [0, 0.05) is 36.5 Å². The first-order chi connectivity index (χ1) is 16.1. The normalized spacial score (nSPS) is 14.8. The van der Waals surface area contributed by atoms with E-state index in [1.807, 2.05) is 6.20 Å². The smallest absolute Gasteiger partial charge is 0.335 e. The standard InChI is InChI=1S/C25H26N4O3S/c1-2-15-32-21-11-13-28(14-12-21)20-9-7-18(8-10-20)23-27-29-16-22(26-25(29)33-23)17-3-5-19(6-4-17)24(30)31/h3-10,16,21H,2,11-15H2,1H3,(H,30,31).